The summed E-state index contributed by atoms with van der Waals surface area (Å²) in [7, 11) is 1.92. The predicted octanol–water partition coefficient (Wildman–Crippen LogP) is 4.74. The topological polar surface area (TPSA) is 12.5 Å². The molecule has 0 bridgehead atoms. The molecule has 0 unspecified atom stereocenters. The van der Waals surface area contributed by atoms with Crippen LogP contribution in [0.5, 0.6) is 0 Å². The van der Waals surface area contributed by atoms with Crippen molar-refractivity contribution in [2.24, 2.45) is 5.92 Å². The van der Waals surface area contributed by atoms with Crippen LogP contribution in [0.3, 0.4) is 0 Å². The molecule has 0 aromatic heterocycles. The molecule has 0 saturated heterocycles. The molecule has 0 spiro atoms. The SMILES string of the molecule is CC(C)C1=CCN(O[B]C(c2ccccc2)c2ccccc2)C=C1. The fourth-order valence-electron chi connectivity index (χ4n) is 2.81. The van der Waals surface area contributed by atoms with E-state index in [-0.39, 0.29) is 5.82 Å². The molecule has 1 radical (unpaired) electrons. The van der Waals surface area contributed by atoms with Crippen LogP contribution in [0.15, 0.2) is 84.6 Å². The Labute approximate surface area is 145 Å². The molecule has 2 aromatic carbocycles. The molecule has 24 heavy (non-hydrogen) atoms. The van der Waals surface area contributed by atoms with Crippen molar-refractivity contribution < 1.29 is 4.76 Å². The summed E-state index contributed by atoms with van der Waals surface area (Å²) in [6, 6.07) is 20.9. The number of allylic oxidation sites excluding steroid dienone is 2. The molecule has 1 aliphatic heterocycles. The molecule has 0 fully saturated rings. The van der Waals surface area contributed by atoms with E-state index in [1.165, 1.54) is 16.7 Å². The molecule has 1 heterocycles. The van der Waals surface area contributed by atoms with Crippen LogP contribution in [0, 0.1) is 5.92 Å². The average Bonchev–Trinajstić information content (AvgIpc) is 2.64. The fraction of sp³-hybridized carbons (Fsp3) is 0.238. The van der Waals surface area contributed by atoms with E-state index in [0.717, 1.165) is 6.54 Å². The third kappa shape index (κ3) is 4.18. The maximum absolute atomic E-state index is 5.96. The third-order valence-corrected chi connectivity index (χ3v) is 4.26. The number of rotatable bonds is 6. The van der Waals surface area contributed by atoms with Gasteiger partial charge in [0.1, 0.15) is 0 Å². The van der Waals surface area contributed by atoms with E-state index in [9.17, 15) is 0 Å². The normalized spacial score (nSPS) is 14.2. The van der Waals surface area contributed by atoms with Crippen molar-refractivity contribution in [2.45, 2.75) is 19.7 Å². The lowest BCUT2D eigenvalue weighted by molar-refractivity contribution is 0.00483. The summed E-state index contributed by atoms with van der Waals surface area (Å²) in [6.07, 6.45) is 6.36. The van der Waals surface area contributed by atoms with Gasteiger partial charge in [-0.3, -0.25) is 5.06 Å². The number of benzene rings is 2. The summed E-state index contributed by atoms with van der Waals surface area (Å²) in [5, 5.41) is 1.87. The molecule has 0 amide bonds. The van der Waals surface area contributed by atoms with E-state index in [0.29, 0.717) is 5.92 Å². The van der Waals surface area contributed by atoms with Gasteiger partial charge in [-0.2, -0.15) is 0 Å². The third-order valence-electron chi connectivity index (χ3n) is 4.26. The number of hydrogen-bond acceptors (Lipinski definition) is 2. The Morgan fingerprint density at radius 1 is 0.917 bits per heavy atom. The highest BCUT2D eigenvalue weighted by molar-refractivity contribution is 6.31. The van der Waals surface area contributed by atoms with E-state index in [1.54, 1.807) is 0 Å². The van der Waals surface area contributed by atoms with Crippen molar-refractivity contribution >= 4 is 7.48 Å². The molecule has 0 N–H and O–H groups in total. The van der Waals surface area contributed by atoms with Crippen molar-refractivity contribution in [3.63, 3.8) is 0 Å². The van der Waals surface area contributed by atoms with Crippen molar-refractivity contribution in [2.75, 3.05) is 6.54 Å². The standard InChI is InChI=1S/C21H23BNO/c1-17(2)18-13-15-23(16-14-18)24-22-21(19-9-5-3-6-10-19)20-11-7-4-8-12-20/h3-15,17,21H,16H2,1-2H3. The van der Waals surface area contributed by atoms with Gasteiger partial charge in [0.05, 0.1) is 6.54 Å². The van der Waals surface area contributed by atoms with E-state index < -0.39 is 0 Å². The Bertz CT molecular complexity index is 655. The molecular formula is C21H23BNO. The minimum absolute atomic E-state index is 0.108. The first kappa shape index (κ1) is 16.6. The van der Waals surface area contributed by atoms with Gasteiger partial charge in [0.15, 0.2) is 0 Å². The second-order valence-corrected chi connectivity index (χ2v) is 6.31. The van der Waals surface area contributed by atoms with Gasteiger partial charge in [-0.25, -0.2) is 0 Å². The zero-order chi connectivity index (χ0) is 16.8. The summed E-state index contributed by atoms with van der Waals surface area (Å²) in [5.74, 6) is 0.657. The van der Waals surface area contributed by atoms with Crippen LogP contribution in [-0.2, 0) is 4.76 Å². The van der Waals surface area contributed by atoms with Crippen molar-refractivity contribution in [3.05, 3.63) is 95.7 Å². The van der Waals surface area contributed by atoms with Gasteiger partial charge in [-0.1, -0.05) is 80.6 Å². The Hall–Kier alpha value is -2.26. The molecule has 3 rings (SSSR count). The van der Waals surface area contributed by atoms with Crippen LogP contribution in [0.1, 0.15) is 30.8 Å². The first-order valence-electron chi connectivity index (χ1n) is 8.49. The fourth-order valence-corrected chi connectivity index (χ4v) is 2.81. The zero-order valence-corrected chi connectivity index (χ0v) is 14.3. The molecule has 0 saturated carbocycles. The predicted molar refractivity (Wildman–Crippen MR) is 100 cm³/mol. The van der Waals surface area contributed by atoms with E-state index in [1.807, 2.05) is 30.9 Å². The number of hydrogen-bond donors (Lipinski definition) is 0. The summed E-state index contributed by atoms with van der Waals surface area (Å²) >= 11 is 0. The van der Waals surface area contributed by atoms with Gasteiger partial charge in [-0.05, 0) is 28.7 Å². The molecule has 0 atom stereocenters. The number of nitrogens with zero attached hydrogens (tertiary/aromatic N) is 1. The second kappa shape index (κ2) is 8.03. The molecule has 121 valence electrons. The molecule has 3 heteroatoms. The van der Waals surface area contributed by atoms with E-state index >= 15 is 0 Å². The summed E-state index contributed by atoms with van der Waals surface area (Å²) in [6.45, 7) is 5.19. The van der Waals surface area contributed by atoms with Crippen LogP contribution in [0.2, 0.25) is 0 Å². The highest BCUT2D eigenvalue weighted by Gasteiger charge is 2.19. The van der Waals surface area contributed by atoms with E-state index in [2.05, 4.69) is 74.5 Å². The lowest BCUT2D eigenvalue weighted by atomic mass is 9.71. The second-order valence-electron chi connectivity index (χ2n) is 6.31. The summed E-state index contributed by atoms with van der Waals surface area (Å²) < 4.78 is 5.96. The smallest absolute Gasteiger partial charge is 0.343 e. The number of hydroxylamine groups is 2. The average molecular weight is 316 g/mol. The van der Waals surface area contributed by atoms with Gasteiger partial charge in [0.25, 0.3) is 0 Å². The molecule has 2 nitrogen and oxygen atoms in total. The van der Waals surface area contributed by atoms with Crippen molar-refractivity contribution in [1.82, 2.24) is 5.06 Å². The molecule has 1 aliphatic rings. The summed E-state index contributed by atoms with van der Waals surface area (Å²) in [5.41, 5.74) is 3.81. The molecular weight excluding hydrogens is 293 g/mol. The van der Waals surface area contributed by atoms with Gasteiger partial charge >= 0.3 is 7.48 Å². The van der Waals surface area contributed by atoms with E-state index in [4.69, 9.17) is 4.76 Å². The van der Waals surface area contributed by atoms with Crippen LogP contribution < -0.4 is 0 Å². The largest absolute Gasteiger partial charge is 0.346 e. The Morgan fingerprint density at radius 3 is 1.96 bits per heavy atom. The summed E-state index contributed by atoms with van der Waals surface area (Å²) in [4.78, 5) is 0. The van der Waals surface area contributed by atoms with Gasteiger partial charge < -0.3 is 4.76 Å². The molecule has 2 aromatic rings. The maximum Gasteiger partial charge on any atom is 0.346 e. The lowest BCUT2D eigenvalue weighted by Gasteiger charge is -2.26. The van der Waals surface area contributed by atoms with Crippen LogP contribution >= 0.6 is 0 Å². The highest BCUT2D eigenvalue weighted by atomic mass is 16.6. The highest BCUT2D eigenvalue weighted by Crippen LogP contribution is 2.24. The Morgan fingerprint density at radius 2 is 1.50 bits per heavy atom. The van der Waals surface area contributed by atoms with Crippen molar-refractivity contribution in [1.29, 1.82) is 0 Å². The minimum Gasteiger partial charge on any atom is -0.343 e. The van der Waals surface area contributed by atoms with Gasteiger partial charge in [-0.15, -0.1) is 0 Å². The van der Waals surface area contributed by atoms with Gasteiger partial charge in [0.2, 0.25) is 0 Å². The van der Waals surface area contributed by atoms with Crippen LogP contribution in [-0.4, -0.2) is 19.1 Å². The Kier molecular flexibility index (Phi) is 5.55. The van der Waals surface area contributed by atoms with Crippen molar-refractivity contribution in [3.8, 4) is 0 Å². The first-order valence-corrected chi connectivity index (χ1v) is 8.49. The first-order chi connectivity index (χ1) is 11.7. The van der Waals surface area contributed by atoms with Gasteiger partial charge in [0, 0.05) is 12.0 Å². The lowest BCUT2D eigenvalue weighted by Crippen LogP contribution is -2.26. The van der Waals surface area contributed by atoms with Crippen LogP contribution in [0.25, 0.3) is 0 Å². The zero-order valence-electron chi connectivity index (χ0n) is 14.3. The Balaban J connectivity index is 1.69. The maximum atomic E-state index is 5.96. The van der Waals surface area contributed by atoms with Crippen LogP contribution in [0.4, 0.5) is 0 Å². The quantitative estimate of drug-likeness (QED) is 0.714. The monoisotopic (exact) mass is 316 g/mol. The minimum atomic E-state index is 0.108. The molecule has 0 aliphatic carbocycles.